The molecule has 0 aliphatic carbocycles. The zero-order chi connectivity index (χ0) is 14.8. The van der Waals surface area contributed by atoms with Gasteiger partial charge in [0.1, 0.15) is 5.76 Å². The molecule has 0 aliphatic rings. The van der Waals surface area contributed by atoms with Crippen molar-refractivity contribution in [1.29, 1.82) is 0 Å². The fourth-order valence-electron chi connectivity index (χ4n) is 1.82. The number of rotatable bonds is 4. The Balaban J connectivity index is 2.24. The monoisotopic (exact) mass is 293 g/mol. The van der Waals surface area contributed by atoms with Gasteiger partial charge in [0.15, 0.2) is 5.60 Å². The summed E-state index contributed by atoms with van der Waals surface area (Å²) in [6.45, 7) is 5.57. The maximum absolute atomic E-state index is 12.0. The smallest absolute Gasteiger partial charge is 0.225 e. The molecule has 0 saturated heterocycles. The van der Waals surface area contributed by atoms with Crippen LogP contribution < -0.4 is 5.32 Å². The Morgan fingerprint density at radius 3 is 2.65 bits per heavy atom. The summed E-state index contributed by atoms with van der Waals surface area (Å²) in [6, 6.07) is 5.26. The summed E-state index contributed by atoms with van der Waals surface area (Å²) >= 11 is 1.49. The number of amides is 1. The van der Waals surface area contributed by atoms with Gasteiger partial charge in [-0.1, -0.05) is 20.8 Å². The molecule has 1 atom stereocenters. The molecule has 0 radical (unpaired) electrons. The number of nitrogens with one attached hydrogen (secondary N) is 1. The van der Waals surface area contributed by atoms with E-state index in [9.17, 15) is 9.90 Å². The molecule has 1 unspecified atom stereocenters. The van der Waals surface area contributed by atoms with Crippen LogP contribution >= 0.6 is 11.3 Å². The zero-order valence-corrected chi connectivity index (χ0v) is 12.7. The fourth-order valence-corrected chi connectivity index (χ4v) is 2.54. The molecule has 2 rings (SSSR count). The third-order valence-corrected chi connectivity index (χ3v) is 3.80. The van der Waals surface area contributed by atoms with E-state index in [4.69, 9.17) is 4.42 Å². The first-order valence-corrected chi connectivity index (χ1v) is 7.35. The van der Waals surface area contributed by atoms with Crippen LogP contribution in [0.4, 0.5) is 0 Å². The largest absolute Gasteiger partial charge is 0.466 e. The summed E-state index contributed by atoms with van der Waals surface area (Å²) in [4.78, 5) is 12.0. The number of furan rings is 1. The van der Waals surface area contributed by atoms with E-state index >= 15 is 0 Å². The maximum atomic E-state index is 12.0. The molecule has 5 heteroatoms. The lowest BCUT2D eigenvalue weighted by Gasteiger charge is -2.27. The van der Waals surface area contributed by atoms with E-state index in [0.29, 0.717) is 11.3 Å². The van der Waals surface area contributed by atoms with Crippen molar-refractivity contribution in [2.45, 2.75) is 26.4 Å². The second-order valence-corrected chi connectivity index (χ2v) is 6.56. The van der Waals surface area contributed by atoms with Gasteiger partial charge in [-0.25, -0.2) is 0 Å². The van der Waals surface area contributed by atoms with Crippen LogP contribution in [-0.2, 0) is 10.4 Å². The lowest BCUT2D eigenvalue weighted by atomic mass is 9.91. The van der Waals surface area contributed by atoms with Gasteiger partial charge in [-0.05, 0) is 29.0 Å². The normalized spacial score (nSPS) is 14.8. The van der Waals surface area contributed by atoms with Crippen molar-refractivity contribution in [2.75, 3.05) is 6.54 Å². The molecule has 2 N–H and O–H groups in total. The molecule has 108 valence electrons. The molecule has 2 aromatic rings. The van der Waals surface area contributed by atoms with Gasteiger partial charge in [-0.2, -0.15) is 11.3 Å². The Labute approximate surface area is 122 Å². The SMILES string of the molecule is CC(C)(C)C(=O)NCC(O)(c1ccsc1)c1ccco1. The van der Waals surface area contributed by atoms with Crippen molar-refractivity contribution in [1.82, 2.24) is 5.32 Å². The lowest BCUT2D eigenvalue weighted by Crippen LogP contribution is -2.44. The number of hydrogen-bond donors (Lipinski definition) is 2. The number of carbonyl (C=O) groups is 1. The van der Waals surface area contributed by atoms with Crippen LogP contribution in [0.1, 0.15) is 32.1 Å². The summed E-state index contributed by atoms with van der Waals surface area (Å²) in [7, 11) is 0. The van der Waals surface area contributed by atoms with Crippen molar-refractivity contribution in [3.05, 3.63) is 46.5 Å². The van der Waals surface area contributed by atoms with Gasteiger partial charge in [0.2, 0.25) is 5.91 Å². The average Bonchev–Trinajstić information content (AvgIpc) is 3.05. The van der Waals surface area contributed by atoms with E-state index in [0.717, 1.165) is 0 Å². The number of carbonyl (C=O) groups excluding carboxylic acids is 1. The molecule has 0 fully saturated rings. The van der Waals surface area contributed by atoms with E-state index in [1.165, 1.54) is 17.6 Å². The lowest BCUT2D eigenvalue weighted by molar-refractivity contribution is -0.129. The van der Waals surface area contributed by atoms with Crippen LogP contribution in [0, 0.1) is 5.41 Å². The van der Waals surface area contributed by atoms with Gasteiger partial charge < -0.3 is 14.8 Å². The van der Waals surface area contributed by atoms with Gasteiger partial charge in [-0.3, -0.25) is 4.79 Å². The minimum Gasteiger partial charge on any atom is -0.466 e. The molecular weight excluding hydrogens is 274 g/mol. The number of thiophene rings is 1. The number of hydrogen-bond acceptors (Lipinski definition) is 4. The molecule has 0 bridgehead atoms. The molecule has 2 aromatic heterocycles. The van der Waals surface area contributed by atoms with Gasteiger partial charge in [0.05, 0.1) is 12.8 Å². The van der Waals surface area contributed by atoms with Crippen LogP contribution in [0.25, 0.3) is 0 Å². The van der Waals surface area contributed by atoms with Crippen molar-refractivity contribution < 1.29 is 14.3 Å². The summed E-state index contributed by atoms with van der Waals surface area (Å²) in [6.07, 6.45) is 1.51. The Kier molecular flexibility index (Phi) is 4.01. The Morgan fingerprint density at radius 2 is 2.15 bits per heavy atom. The quantitative estimate of drug-likeness (QED) is 0.911. The maximum Gasteiger partial charge on any atom is 0.225 e. The van der Waals surface area contributed by atoms with E-state index in [1.54, 1.807) is 12.1 Å². The van der Waals surface area contributed by atoms with Crippen LogP contribution in [0.15, 0.2) is 39.6 Å². The minimum atomic E-state index is -1.34. The zero-order valence-electron chi connectivity index (χ0n) is 11.8. The van der Waals surface area contributed by atoms with E-state index in [-0.39, 0.29) is 12.5 Å². The summed E-state index contributed by atoms with van der Waals surface area (Å²) in [5.41, 5.74) is -1.13. The Hall–Kier alpha value is -1.59. The fraction of sp³-hybridized carbons (Fsp3) is 0.400. The van der Waals surface area contributed by atoms with E-state index in [2.05, 4.69) is 5.32 Å². The highest BCUT2D eigenvalue weighted by Gasteiger charge is 2.36. The van der Waals surface area contributed by atoms with Gasteiger partial charge in [-0.15, -0.1) is 0 Å². The van der Waals surface area contributed by atoms with Crippen molar-refractivity contribution >= 4 is 17.2 Å². The van der Waals surface area contributed by atoms with Crippen LogP contribution in [0.5, 0.6) is 0 Å². The summed E-state index contributed by atoms with van der Waals surface area (Å²) < 4.78 is 5.34. The minimum absolute atomic E-state index is 0.0767. The molecule has 1 amide bonds. The van der Waals surface area contributed by atoms with Gasteiger partial charge in [0.25, 0.3) is 0 Å². The Bertz CT molecular complexity index is 518. The van der Waals surface area contributed by atoms with Crippen molar-refractivity contribution in [3.63, 3.8) is 0 Å². The van der Waals surface area contributed by atoms with Gasteiger partial charge in [0, 0.05) is 11.0 Å². The second kappa shape index (κ2) is 5.42. The predicted octanol–water partition coefficient (Wildman–Crippen LogP) is 2.74. The van der Waals surface area contributed by atoms with Gasteiger partial charge >= 0.3 is 0 Å². The van der Waals surface area contributed by atoms with E-state index < -0.39 is 11.0 Å². The highest BCUT2D eigenvalue weighted by molar-refractivity contribution is 7.08. The second-order valence-electron chi connectivity index (χ2n) is 5.78. The van der Waals surface area contributed by atoms with E-state index in [1.807, 2.05) is 37.6 Å². The molecule has 20 heavy (non-hydrogen) atoms. The van der Waals surface area contributed by atoms with Crippen LogP contribution in [-0.4, -0.2) is 17.6 Å². The first kappa shape index (κ1) is 14.8. The third-order valence-electron chi connectivity index (χ3n) is 3.11. The number of aliphatic hydroxyl groups is 1. The molecule has 0 aromatic carbocycles. The molecule has 0 aliphatic heterocycles. The van der Waals surface area contributed by atoms with Crippen LogP contribution in [0.3, 0.4) is 0 Å². The Morgan fingerprint density at radius 1 is 1.40 bits per heavy atom. The molecule has 4 nitrogen and oxygen atoms in total. The average molecular weight is 293 g/mol. The first-order valence-electron chi connectivity index (χ1n) is 6.41. The predicted molar refractivity (Wildman–Crippen MR) is 78.5 cm³/mol. The molecule has 2 heterocycles. The van der Waals surface area contributed by atoms with Crippen molar-refractivity contribution in [3.8, 4) is 0 Å². The molecule has 0 spiro atoms. The molecule has 0 saturated carbocycles. The molecular formula is C15H19NO3S. The first-order chi connectivity index (χ1) is 9.34. The van der Waals surface area contributed by atoms with Crippen molar-refractivity contribution in [2.24, 2.45) is 5.41 Å². The van der Waals surface area contributed by atoms with Crippen LogP contribution in [0.2, 0.25) is 0 Å². The summed E-state index contributed by atoms with van der Waals surface area (Å²) in [5.74, 6) is 0.308. The topological polar surface area (TPSA) is 62.5 Å². The third kappa shape index (κ3) is 2.94. The summed E-state index contributed by atoms with van der Waals surface area (Å²) in [5, 5.41) is 17.5. The standard InChI is InChI=1S/C15H19NO3S/c1-14(2,3)13(17)16-10-15(18,11-6-8-20-9-11)12-5-4-7-19-12/h4-9,18H,10H2,1-3H3,(H,16,17). The highest BCUT2D eigenvalue weighted by Crippen LogP contribution is 2.31. The highest BCUT2D eigenvalue weighted by atomic mass is 32.1.